The SMILES string of the molecule is CC1(C)COP(=S)(SSc2ccc([O-])cc2)OC1. The molecule has 0 amide bonds. The summed E-state index contributed by atoms with van der Waals surface area (Å²) in [6.45, 7) is 5.46. The second-order valence-electron chi connectivity index (χ2n) is 4.79. The van der Waals surface area contributed by atoms with Crippen molar-refractivity contribution in [3.8, 4) is 5.75 Å². The molecule has 1 fully saturated rings. The first kappa shape index (κ1) is 14.7. The highest BCUT2D eigenvalue weighted by Crippen LogP contribution is 2.69. The first-order valence-electron chi connectivity index (χ1n) is 5.41. The van der Waals surface area contributed by atoms with Crippen LogP contribution in [0.1, 0.15) is 13.8 Å². The minimum atomic E-state index is -2.24. The Kier molecular flexibility index (Phi) is 4.68. The fourth-order valence-electron chi connectivity index (χ4n) is 1.21. The van der Waals surface area contributed by atoms with E-state index in [4.69, 9.17) is 20.9 Å². The molecular formula is C11H14O3PS3-. The maximum atomic E-state index is 11.0. The summed E-state index contributed by atoms with van der Waals surface area (Å²) in [6.07, 6.45) is 0. The van der Waals surface area contributed by atoms with Crippen LogP contribution in [0, 0.1) is 5.41 Å². The van der Waals surface area contributed by atoms with Gasteiger partial charge in [-0.05, 0) is 34.7 Å². The summed E-state index contributed by atoms with van der Waals surface area (Å²) in [5.74, 6) is 0.0131. The first-order valence-corrected chi connectivity index (χ1v) is 10.8. The molecule has 0 unspecified atom stereocenters. The van der Waals surface area contributed by atoms with E-state index in [0.717, 1.165) is 4.90 Å². The fourth-order valence-corrected chi connectivity index (χ4v) is 7.76. The fraction of sp³-hybridized carbons (Fsp3) is 0.455. The third kappa shape index (κ3) is 4.15. The molecule has 0 N–H and O–H groups in total. The quantitative estimate of drug-likeness (QED) is 0.623. The predicted octanol–water partition coefficient (Wildman–Crippen LogP) is 3.80. The van der Waals surface area contributed by atoms with E-state index in [1.165, 1.54) is 21.2 Å². The van der Waals surface area contributed by atoms with Gasteiger partial charge in [0.1, 0.15) is 0 Å². The Morgan fingerprint density at radius 3 is 2.33 bits per heavy atom. The molecule has 1 aromatic carbocycles. The van der Waals surface area contributed by atoms with E-state index in [1.54, 1.807) is 24.3 Å². The zero-order valence-electron chi connectivity index (χ0n) is 10.1. The average molecular weight is 321 g/mol. The molecule has 0 saturated carbocycles. The van der Waals surface area contributed by atoms with Crippen LogP contribution in [0.3, 0.4) is 0 Å². The smallest absolute Gasteiger partial charge is 0.258 e. The summed E-state index contributed by atoms with van der Waals surface area (Å²) in [6, 6.07) is 6.66. The molecule has 0 bridgehead atoms. The zero-order valence-corrected chi connectivity index (χ0v) is 13.5. The minimum absolute atomic E-state index is 0.0131. The van der Waals surface area contributed by atoms with Gasteiger partial charge in [-0.15, -0.1) is 5.75 Å². The predicted molar refractivity (Wildman–Crippen MR) is 79.3 cm³/mol. The first-order chi connectivity index (χ1) is 8.39. The van der Waals surface area contributed by atoms with Gasteiger partial charge in [0.25, 0.3) is 5.69 Å². The monoisotopic (exact) mass is 321 g/mol. The maximum absolute atomic E-state index is 11.0. The van der Waals surface area contributed by atoms with Crippen LogP contribution in [0.25, 0.3) is 0 Å². The van der Waals surface area contributed by atoms with Crippen molar-refractivity contribution in [1.29, 1.82) is 0 Å². The van der Waals surface area contributed by atoms with Crippen molar-refractivity contribution in [1.82, 2.24) is 0 Å². The lowest BCUT2D eigenvalue weighted by atomic mass is 9.97. The number of hydrogen-bond acceptors (Lipinski definition) is 6. The minimum Gasteiger partial charge on any atom is -0.872 e. The van der Waals surface area contributed by atoms with E-state index >= 15 is 0 Å². The highest BCUT2D eigenvalue weighted by Gasteiger charge is 2.34. The van der Waals surface area contributed by atoms with Gasteiger partial charge in [0.15, 0.2) is 0 Å². The van der Waals surface area contributed by atoms with E-state index in [9.17, 15) is 5.11 Å². The molecule has 1 aliphatic rings. The number of hydrogen-bond donors (Lipinski definition) is 0. The zero-order chi connectivity index (χ0) is 13.2. The topological polar surface area (TPSA) is 41.5 Å². The molecule has 0 aliphatic carbocycles. The molecule has 7 heteroatoms. The van der Waals surface area contributed by atoms with Gasteiger partial charge in [-0.3, -0.25) is 0 Å². The second-order valence-corrected chi connectivity index (χ2v) is 12.9. The van der Waals surface area contributed by atoms with Gasteiger partial charge in [0.2, 0.25) is 0 Å². The molecule has 0 atom stereocenters. The van der Waals surface area contributed by atoms with Crippen molar-refractivity contribution < 1.29 is 14.2 Å². The number of benzene rings is 1. The van der Waals surface area contributed by atoms with Gasteiger partial charge >= 0.3 is 0 Å². The highest BCUT2D eigenvalue weighted by molar-refractivity contribution is 9.03. The van der Waals surface area contributed by atoms with Crippen molar-refractivity contribution >= 4 is 38.7 Å². The van der Waals surface area contributed by atoms with Crippen molar-refractivity contribution in [3.05, 3.63) is 24.3 Å². The summed E-state index contributed by atoms with van der Waals surface area (Å²) in [7, 11) is 2.96. The van der Waals surface area contributed by atoms with Crippen LogP contribution in [0.15, 0.2) is 29.2 Å². The molecule has 0 radical (unpaired) electrons. The summed E-state index contributed by atoms with van der Waals surface area (Å²) in [5.41, 5.74) is -2.20. The Labute approximate surface area is 120 Å². The molecule has 18 heavy (non-hydrogen) atoms. The van der Waals surface area contributed by atoms with Crippen LogP contribution in [-0.2, 0) is 20.9 Å². The molecule has 1 aromatic rings. The molecule has 0 spiro atoms. The average Bonchev–Trinajstić information content (AvgIpc) is 2.33. The van der Waals surface area contributed by atoms with E-state index in [0.29, 0.717) is 13.2 Å². The standard InChI is InChI=1S/C11H15O3PS3/c1-11(2)7-13-15(16,14-8-11)18-17-10-5-3-9(12)4-6-10/h3-6,12H,7-8H2,1-2H3/p-1. The van der Waals surface area contributed by atoms with Crippen LogP contribution in [-0.4, -0.2) is 13.2 Å². The van der Waals surface area contributed by atoms with Crippen LogP contribution < -0.4 is 5.11 Å². The molecule has 2 rings (SSSR count). The Hall–Kier alpha value is 0.290. The van der Waals surface area contributed by atoms with Crippen molar-refractivity contribution in [2.24, 2.45) is 5.41 Å². The second kappa shape index (κ2) is 5.73. The van der Waals surface area contributed by atoms with E-state index in [2.05, 4.69) is 13.8 Å². The number of rotatable bonds is 3. The molecule has 0 aromatic heterocycles. The van der Waals surface area contributed by atoms with Crippen molar-refractivity contribution in [3.63, 3.8) is 0 Å². The largest absolute Gasteiger partial charge is 0.872 e. The summed E-state index contributed by atoms with van der Waals surface area (Å²) >= 11 is 5.43. The molecule has 100 valence electrons. The van der Waals surface area contributed by atoms with E-state index in [1.807, 2.05) is 0 Å². The van der Waals surface area contributed by atoms with E-state index in [-0.39, 0.29) is 11.2 Å². The molecule has 1 heterocycles. The Balaban J connectivity index is 1.90. The van der Waals surface area contributed by atoms with Gasteiger partial charge in [-0.2, -0.15) is 0 Å². The van der Waals surface area contributed by atoms with E-state index < -0.39 is 5.69 Å². The molecule has 1 aliphatic heterocycles. The Morgan fingerprint density at radius 2 is 1.78 bits per heavy atom. The Morgan fingerprint density at radius 1 is 1.22 bits per heavy atom. The normalized spacial score (nSPS) is 21.7. The van der Waals surface area contributed by atoms with Crippen LogP contribution in [0.2, 0.25) is 0 Å². The van der Waals surface area contributed by atoms with Crippen molar-refractivity contribution in [2.45, 2.75) is 18.7 Å². The van der Waals surface area contributed by atoms with Gasteiger partial charge in [-0.1, -0.05) is 26.0 Å². The van der Waals surface area contributed by atoms with Gasteiger partial charge in [0.05, 0.1) is 13.2 Å². The van der Waals surface area contributed by atoms with Gasteiger partial charge in [0, 0.05) is 20.7 Å². The van der Waals surface area contributed by atoms with Crippen LogP contribution >= 0.6 is 26.9 Å². The van der Waals surface area contributed by atoms with Crippen LogP contribution in [0.5, 0.6) is 5.75 Å². The van der Waals surface area contributed by atoms with Gasteiger partial charge in [-0.25, -0.2) is 0 Å². The lowest BCUT2D eigenvalue weighted by Gasteiger charge is -2.35. The molecule has 1 saturated heterocycles. The molecular weight excluding hydrogens is 307 g/mol. The summed E-state index contributed by atoms with van der Waals surface area (Å²) in [5, 5.41) is 11.0. The third-order valence-corrected chi connectivity index (χ3v) is 10.5. The lowest BCUT2D eigenvalue weighted by molar-refractivity contribution is -0.268. The van der Waals surface area contributed by atoms with Crippen molar-refractivity contribution in [2.75, 3.05) is 13.2 Å². The maximum Gasteiger partial charge on any atom is 0.258 e. The van der Waals surface area contributed by atoms with Gasteiger partial charge < -0.3 is 14.2 Å². The third-order valence-electron chi connectivity index (χ3n) is 2.28. The Bertz CT molecular complexity index is 447. The summed E-state index contributed by atoms with van der Waals surface area (Å²) < 4.78 is 11.4. The molecule has 3 nitrogen and oxygen atoms in total. The lowest BCUT2D eigenvalue weighted by Crippen LogP contribution is -2.28. The summed E-state index contributed by atoms with van der Waals surface area (Å²) in [4.78, 5) is 0.987. The highest BCUT2D eigenvalue weighted by atomic mass is 33.4. The van der Waals surface area contributed by atoms with Crippen LogP contribution in [0.4, 0.5) is 0 Å².